The summed E-state index contributed by atoms with van der Waals surface area (Å²) in [4.78, 5) is 4.71. The molecule has 3 aromatic carbocycles. The standard InChI is InChI=1S/C23H23N3O/c1-26-21-13-7-6-12-20(21)25-23(26)16-24-15-19-11-5-8-14-22(19)27-17-18-9-3-2-4-10-18/h2-14,24H,15-17H2,1H3. The van der Waals surface area contributed by atoms with Crippen LogP contribution in [-0.2, 0) is 26.7 Å². The first-order valence-corrected chi connectivity index (χ1v) is 9.17. The third kappa shape index (κ3) is 4.01. The van der Waals surface area contributed by atoms with E-state index in [4.69, 9.17) is 9.72 Å². The van der Waals surface area contributed by atoms with Crippen LogP contribution in [0.2, 0.25) is 0 Å². The first-order valence-electron chi connectivity index (χ1n) is 9.17. The van der Waals surface area contributed by atoms with Crippen molar-refractivity contribution < 1.29 is 4.74 Å². The number of para-hydroxylation sites is 3. The van der Waals surface area contributed by atoms with Crippen LogP contribution in [0, 0.1) is 0 Å². The molecule has 4 aromatic rings. The van der Waals surface area contributed by atoms with E-state index in [-0.39, 0.29) is 0 Å². The zero-order valence-corrected chi connectivity index (χ0v) is 15.4. The summed E-state index contributed by atoms with van der Waals surface area (Å²) in [6, 6.07) is 26.6. The number of imidazole rings is 1. The van der Waals surface area contributed by atoms with Crippen molar-refractivity contribution in [3.8, 4) is 5.75 Å². The van der Waals surface area contributed by atoms with Gasteiger partial charge in [-0.2, -0.15) is 0 Å². The number of nitrogens with one attached hydrogen (secondary N) is 1. The molecular weight excluding hydrogens is 334 g/mol. The van der Waals surface area contributed by atoms with Crippen LogP contribution in [0.4, 0.5) is 0 Å². The maximum Gasteiger partial charge on any atom is 0.124 e. The summed E-state index contributed by atoms with van der Waals surface area (Å²) in [6.45, 7) is 2.01. The van der Waals surface area contributed by atoms with Gasteiger partial charge in [0, 0.05) is 19.2 Å². The fourth-order valence-electron chi connectivity index (χ4n) is 3.19. The van der Waals surface area contributed by atoms with Gasteiger partial charge in [0.05, 0.1) is 17.6 Å². The largest absolute Gasteiger partial charge is 0.489 e. The quantitative estimate of drug-likeness (QED) is 0.531. The van der Waals surface area contributed by atoms with Gasteiger partial charge in [0.15, 0.2) is 0 Å². The second kappa shape index (κ2) is 8.06. The van der Waals surface area contributed by atoms with Gasteiger partial charge in [-0.05, 0) is 23.8 Å². The third-order valence-electron chi connectivity index (χ3n) is 4.69. The lowest BCUT2D eigenvalue weighted by atomic mass is 10.2. The Kier molecular flexibility index (Phi) is 5.17. The number of hydrogen-bond donors (Lipinski definition) is 1. The Morgan fingerprint density at radius 1 is 0.852 bits per heavy atom. The molecule has 0 spiro atoms. The molecule has 0 fully saturated rings. The van der Waals surface area contributed by atoms with Gasteiger partial charge in [0.25, 0.3) is 0 Å². The van der Waals surface area contributed by atoms with Gasteiger partial charge >= 0.3 is 0 Å². The maximum absolute atomic E-state index is 6.04. The monoisotopic (exact) mass is 357 g/mol. The predicted octanol–water partition coefficient (Wildman–Crippen LogP) is 4.44. The molecule has 4 nitrogen and oxygen atoms in total. The number of aryl methyl sites for hydroxylation is 1. The second-order valence-electron chi connectivity index (χ2n) is 6.56. The van der Waals surface area contributed by atoms with Crippen molar-refractivity contribution in [2.45, 2.75) is 19.7 Å². The minimum atomic E-state index is 0.572. The van der Waals surface area contributed by atoms with Crippen LogP contribution in [0.5, 0.6) is 5.75 Å². The highest BCUT2D eigenvalue weighted by Gasteiger charge is 2.08. The van der Waals surface area contributed by atoms with Gasteiger partial charge in [-0.25, -0.2) is 4.98 Å². The van der Waals surface area contributed by atoms with Crippen LogP contribution in [-0.4, -0.2) is 9.55 Å². The maximum atomic E-state index is 6.04. The fraction of sp³-hybridized carbons (Fsp3) is 0.174. The van der Waals surface area contributed by atoms with Gasteiger partial charge in [-0.3, -0.25) is 0 Å². The molecule has 4 rings (SSSR count). The molecule has 0 bridgehead atoms. The SMILES string of the molecule is Cn1c(CNCc2ccccc2OCc2ccccc2)nc2ccccc21. The molecule has 0 saturated heterocycles. The van der Waals surface area contributed by atoms with Crippen molar-refractivity contribution >= 4 is 11.0 Å². The van der Waals surface area contributed by atoms with Gasteiger partial charge < -0.3 is 14.6 Å². The second-order valence-corrected chi connectivity index (χ2v) is 6.56. The number of nitrogens with zero attached hydrogens (tertiary/aromatic N) is 2. The average Bonchev–Trinajstić information content (AvgIpc) is 3.04. The topological polar surface area (TPSA) is 39.1 Å². The molecule has 1 N–H and O–H groups in total. The minimum absolute atomic E-state index is 0.572. The number of aromatic nitrogens is 2. The van der Waals surface area contributed by atoms with E-state index in [0.29, 0.717) is 13.2 Å². The summed E-state index contributed by atoms with van der Waals surface area (Å²) >= 11 is 0. The Hall–Kier alpha value is -3.11. The molecule has 4 heteroatoms. The summed E-state index contributed by atoms with van der Waals surface area (Å²) in [7, 11) is 2.06. The molecule has 0 aliphatic carbocycles. The first-order chi connectivity index (χ1) is 13.3. The average molecular weight is 357 g/mol. The van der Waals surface area contributed by atoms with Crippen molar-refractivity contribution in [1.29, 1.82) is 0 Å². The van der Waals surface area contributed by atoms with Crippen LogP contribution >= 0.6 is 0 Å². The molecule has 0 unspecified atom stereocenters. The molecule has 1 heterocycles. The Morgan fingerprint density at radius 2 is 1.59 bits per heavy atom. The van der Waals surface area contributed by atoms with Crippen molar-refractivity contribution in [1.82, 2.24) is 14.9 Å². The number of hydrogen-bond acceptors (Lipinski definition) is 3. The Balaban J connectivity index is 1.40. The normalized spacial score (nSPS) is 11.0. The molecule has 0 aliphatic heterocycles. The van der Waals surface area contributed by atoms with Crippen LogP contribution in [0.3, 0.4) is 0 Å². The van der Waals surface area contributed by atoms with E-state index in [1.807, 2.05) is 54.6 Å². The van der Waals surface area contributed by atoms with Gasteiger partial charge in [0.1, 0.15) is 18.2 Å². The van der Waals surface area contributed by atoms with E-state index in [9.17, 15) is 0 Å². The van der Waals surface area contributed by atoms with Crippen LogP contribution in [0.15, 0.2) is 78.9 Å². The van der Waals surface area contributed by atoms with E-state index in [0.717, 1.165) is 34.7 Å². The fourth-order valence-corrected chi connectivity index (χ4v) is 3.19. The Bertz CT molecular complexity index is 1020. The molecule has 1 aromatic heterocycles. The third-order valence-corrected chi connectivity index (χ3v) is 4.69. The Morgan fingerprint density at radius 3 is 2.44 bits per heavy atom. The smallest absolute Gasteiger partial charge is 0.124 e. The van der Waals surface area contributed by atoms with Crippen molar-refractivity contribution in [2.24, 2.45) is 7.05 Å². The van der Waals surface area contributed by atoms with Crippen LogP contribution in [0.25, 0.3) is 11.0 Å². The van der Waals surface area contributed by atoms with E-state index >= 15 is 0 Å². The predicted molar refractivity (Wildman–Crippen MR) is 108 cm³/mol. The van der Waals surface area contributed by atoms with Crippen molar-refractivity contribution in [3.63, 3.8) is 0 Å². The highest BCUT2D eigenvalue weighted by molar-refractivity contribution is 5.75. The lowest BCUT2D eigenvalue weighted by molar-refractivity contribution is 0.302. The number of rotatable bonds is 7. The van der Waals surface area contributed by atoms with E-state index in [1.165, 1.54) is 5.56 Å². The highest BCUT2D eigenvalue weighted by atomic mass is 16.5. The summed E-state index contributed by atoms with van der Waals surface area (Å²) in [5, 5.41) is 3.50. The van der Waals surface area contributed by atoms with Crippen LogP contribution < -0.4 is 10.1 Å². The summed E-state index contributed by atoms with van der Waals surface area (Å²) in [6.07, 6.45) is 0. The summed E-state index contributed by atoms with van der Waals surface area (Å²) < 4.78 is 8.18. The van der Waals surface area contributed by atoms with Crippen molar-refractivity contribution in [2.75, 3.05) is 0 Å². The molecule has 0 amide bonds. The lowest BCUT2D eigenvalue weighted by Gasteiger charge is -2.12. The molecular formula is C23H23N3O. The van der Waals surface area contributed by atoms with Gasteiger partial charge in [0.2, 0.25) is 0 Å². The molecule has 0 radical (unpaired) electrons. The molecule has 0 aliphatic rings. The van der Waals surface area contributed by atoms with Crippen molar-refractivity contribution in [3.05, 3.63) is 95.8 Å². The number of benzene rings is 3. The molecule has 0 saturated carbocycles. The summed E-state index contributed by atoms with van der Waals surface area (Å²) in [5.41, 5.74) is 4.50. The van der Waals surface area contributed by atoms with Gasteiger partial charge in [-0.15, -0.1) is 0 Å². The van der Waals surface area contributed by atoms with E-state index < -0.39 is 0 Å². The van der Waals surface area contributed by atoms with Crippen LogP contribution in [0.1, 0.15) is 17.0 Å². The Labute approximate surface area is 159 Å². The van der Waals surface area contributed by atoms with E-state index in [2.05, 4.69) is 41.2 Å². The minimum Gasteiger partial charge on any atom is -0.489 e. The first kappa shape index (κ1) is 17.3. The highest BCUT2D eigenvalue weighted by Crippen LogP contribution is 2.20. The number of ether oxygens (including phenoxy) is 1. The van der Waals surface area contributed by atoms with E-state index in [1.54, 1.807) is 0 Å². The molecule has 0 atom stereocenters. The molecule has 27 heavy (non-hydrogen) atoms. The number of fused-ring (bicyclic) bond motifs is 1. The molecule has 136 valence electrons. The summed E-state index contributed by atoms with van der Waals surface area (Å²) in [5.74, 6) is 1.94. The lowest BCUT2D eigenvalue weighted by Crippen LogP contribution is -2.16. The zero-order valence-electron chi connectivity index (χ0n) is 15.4. The zero-order chi connectivity index (χ0) is 18.5. The van der Waals surface area contributed by atoms with Gasteiger partial charge in [-0.1, -0.05) is 60.7 Å².